The van der Waals surface area contributed by atoms with Crippen LogP contribution in [0.3, 0.4) is 0 Å². The first-order valence-electron chi connectivity index (χ1n) is 7.23. The van der Waals surface area contributed by atoms with E-state index in [9.17, 15) is 4.79 Å². The van der Waals surface area contributed by atoms with Crippen molar-refractivity contribution >= 4 is 17.4 Å². The van der Waals surface area contributed by atoms with Crippen molar-refractivity contribution in [3.8, 4) is 5.75 Å². The first-order chi connectivity index (χ1) is 10.7. The van der Waals surface area contributed by atoms with E-state index in [0.717, 1.165) is 34.6 Å². The van der Waals surface area contributed by atoms with E-state index in [2.05, 4.69) is 18.8 Å². The number of fused-ring (bicyclic) bond motifs is 1. The molecule has 0 bridgehead atoms. The number of carbonyl (C=O) groups is 1. The highest BCUT2D eigenvalue weighted by molar-refractivity contribution is 5.75. The molecule has 0 atom stereocenters. The molecule has 3 rings (SSSR count). The maximum Gasteiger partial charge on any atom is 0.198 e. The fraction of sp³-hybridized carbons (Fsp3) is 0.222. The van der Waals surface area contributed by atoms with Gasteiger partial charge in [-0.05, 0) is 42.0 Å². The van der Waals surface area contributed by atoms with Gasteiger partial charge < -0.3 is 9.15 Å². The second kappa shape index (κ2) is 6.02. The second-order valence-corrected chi connectivity index (χ2v) is 5.48. The van der Waals surface area contributed by atoms with Crippen LogP contribution in [0, 0.1) is 0 Å². The van der Waals surface area contributed by atoms with E-state index in [1.165, 1.54) is 0 Å². The molecule has 0 fully saturated rings. The summed E-state index contributed by atoms with van der Waals surface area (Å²) in [4.78, 5) is 15.1. The Morgan fingerprint density at radius 3 is 2.64 bits per heavy atom. The minimum atomic E-state index is 0.267. The van der Waals surface area contributed by atoms with Gasteiger partial charge in [-0.3, -0.25) is 4.79 Å². The van der Waals surface area contributed by atoms with Gasteiger partial charge in [0.15, 0.2) is 11.5 Å². The lowest BCUT2D eigenvalue weighted by molar-refractivity contribution is 0.112. The number of rotatable bonds is 5. The van der Waals surface area contributed by atoms with E-state index in [0.29, 0.717) is 12.2 Å². The second-order valence-electron chi connectivity index (χ2n) is 5.48. The molecule has 0 radical (unpaired) electrons. The zero-order valence-electron chi connectivity index (χ0n) is 12.6. The van der Waals surface area contributed by atoms with Gasteiger partial charge in [0.25, 0.3) is 0 Å². The van der Waals surface area contributed by atoms with Crippen molar-refractivity contribution in [2.75, 3.05) is 0 Å². The Morgan fingerprint density at radius 2 is 1.95 bits per heavy atom. The lowest BCUT2D eigenvalue weighted by atomic mass is 10.2. The smallest absolute Gasteiger partial charge is 0.198 e. The molecule has 112 valence electrons. The van der Waals surface area contributed by atoms with Crippen molar-refractivity contribution < 1.29 is 13.9 Å². The molecule has 4 nitrogen and oxygen atoms in total. The molecule has 0 spiro atoms. The van der Waals surface area contributed by atoms with Gasteiger partial charge in [-0.15, -0.1) is 0 Å². The Balaban J connectivity index is 1.74. The van der Waals surface area contributed by atoms with Gasteiger partial charge in [0, 0.05) is 11.5 Å². The summed E-state index contributed by atoms with van der Waals surface area (Å²) in [5.41, 5.74) is 3.30. The summed E-state index contributed by atoms with van der Waals surface area (Å²) in [6.07, 6.45) is 0.814. The van der Waals surface area contributed by atoms with Crippen molar-refractivity contribution in [1.82, 2.24) is 4.98 Å². The molecule has 2 aromatic carbocycles. The summed E-state index contributed by atoms with van der Waals surface area (Å²) in [5.74, 6) is 1.75. The average molecular weight is 295 g/mol. The van der Waals surface area contributed by atoms with Crippen LogP contribution in [0.15, 0.2) is 46.9 Å². The van der Waals surface area contributed by atoms with Crippen LogP contribution >= 0.6 is 0 Å². The van der Waals surface area contributed by atoms with Gasteiger partial charge in [0.1, 0.15) is 24.2 Å². The summed E-state index contributed by atoms with van der Waals surface area (Å²) < 4.78 is 11.4. The Labute approximate surface area is 128 Å². The van der Waals surface area contributed by atoms with Gasteiger partial charge >= 0.3 is 0 Å². The van der Waals surface area contributed by atoms with Crippen LogP contribution in [0.1, 0.15) is 41.6 Å². The maximum atomic E-state index is 10.6. The van der Waals surface area contributed by atoms with Gasteiger partial charge in [-0.2, -0.15) is 0 Å². The summed E-state index contributed by atoms with van der Waals surface area (Å²) in [6, 6.07) is 12.9. The van der Waals surface area contributed by atoms with Crippen LogP contribution in [0.5, 0.6) is 5.75 Å². The Bertz CT molecular complexity index is 788. The summed E-state index contributed by atoms with van der Waals surface area (Å²) in [7, 11) is 0. The van der Waals surface area contributed by atoms with Gasteiger partial charge in [-0.25, -0.2) is 4.98 Å². The van der Waals surface area contributed by atoms with Crippen LogP contribution in [0.2, 0.25) is 0 Å². The molecular weight excluding hydrogens is 278 g/mol. The van der Waals surface area contributed by atoms with Crippen LogP contribution in [-0.2, 0) is 6.61 Å². The average Bonchev–Trinajstić information content (AvgIpc) is 2.97. The predicted molar refractivity (Wildman–Crippen MR) is 84.3 cm³/mol. The number of aldehydes is 1. The van der Waals surface area contributed by atoms with E-state index in [-0.39, 0.29) is 5.92 Å². The molecule has 22 heavy (non-hydrogen) atoms. The zero-order valence-corrected chi connectivity index (χ0v) is 12.6. The standard InChI is InChI=1S/C18H17NO3/c1-12(2)18-19-16-9-14(5-8-17(16)22-18)11-21-15-6-3-13(10-20)4-7-15/h3-10,12H,11H2,1-2H3. The van der Waals surface area contributed by atoms with Gasteiger partial charge in [0.05, 0.1) is 0 Å². The molecule has 0 aliphatic heterocycles. The Kier molecular flexibility index (Phi) is 3.92. The van der Waals surface area contributed by atoms with Crippen molar-refractivity contribution in [3.05, 3.63) is 59.5 Å². The molecule has 4 heteroatoms. The quantitative estimate of drug-likeness (QED) is 0.657. The molecule has 1 aromatic heterocycles. The fourth-order valence-corrected chi connectivity index (χ4v) is 2.14. The number of hydrogen-bond donors (Lipinski definition) is 0. The molecule has 0 unspecified atom stereocenters. The third-order valence-corrected chi connectivity index (χ3v) is 3.38. The predicted octanol–water partition coefficient (Wildman–Crippen LogP) is 4.34. The highest BCUT2D eigenvalue weighted by Crippen LogP contribution is 2.22. The van der Waals surface area contributed by atoms with Crippen LogP contribution < -0.4 is 4.74 Å². The monoisotopic (exact) mass is 295 g/mol. The molecule has 0 aliphatic carbocycles. The van der Waals surface area contributed by atoms with E-state index in [1.807, 2.05) is 18.2 Å². The summed E-state index contributed by atoms with van der Waals surface area (Å²) in [5, 5.41) is 0. The normalized spacial score (nSPS) is 11.0. The van der Waals surface area contributed by atoms with E-state index < -0.39 is 0 Å². The van der Waals surface area contributed by atoms with Crippen LogP contribution in [-0.4, -0.2) is 11.3 Å². The highest BCUT2D eigenvalue weighted by atomic mass is 16.5. The van der Waals surface area contributed by atoms with Gasteiger partial charge in [-0.1, -0.05) is 19.9 Å². The van der Waals surface area contributed by atoms with Crippen molar-refractivity contribution in [3.63, 3.8) is 0 Å². The van der Waals surface area contributed by atoms with Gasteiger partial charge in [0.2, 0.25) is 0 Å². The zero-order chi connectivity index (χ0) is 15.5. The number of ether oxygens (including phenoxy) is 1. The first-order valence-corrected chi connectivity index (χ1v) is 7.23. The van der Waals surface area contributed by atoms with E-state index in [1.54, 1.807) is 24.3 Å². The van der Waals surface area contributed by atoms with Crippen molar-refractivity contribution in [2.24, 2.45) is 0 Å². The lowest BCUT2D eigenvalue weighted by Gasteiger charge is -2.06. The molecule has 1 heterocycles. The van der Waals surface area contributed by atoms with E-state index in [4.69, 9.17) is 9.15 Å². The Hall–Kier alpha value is -2.62. The molecule has 0 amide bonds. The molecule has 0 aliphatic rings. The third-order valence-electron chi connectivity index (χ3n) is 3.38. The largest absolute Gasteiger partial charge is 0.489 e. The van der Waals surface area contributed by atoms with E-state index >= 15 is 0 Å². The molecule has 0 N–H and O–H groups in total. The topological polar surface area (TPSA) is 52.3 Å². The highest BCUT2D eigenvalue weighted by Gasteiger charge is 2.09. The fourth-order valence-electron chi connectivity index (χ4n) is 2.14. The molecular formula is C18H17NO3. The molecule has 0 saturated heterocycles. The number of benzene rings is 2. The van der Waals surface area contributed by atoms with Crippen LogP contribution in [0.4, 0.5) is 0 Å². The van der Waals surface area contributed by atoms with Crippen molar-refractivity contribution in [1.29, 1.82) is 0 Å². The molecule has 0 saturated carbocycles. The van der Waals surface area contributed by atoms with Crippen molar-refractivity contribution in [2.45, 2.75) is 26.4 Å². The first kappa shape index (κ1) is 14.3. The number of hydrogen-bond acceptors (Lipinski definition) is 4. The van der Waals surface area contributed by atoms with Crippen LogP contribution in [0.25, 0.3) is 11.1 Å². The minimum Gasteiger partial charge on any atom is -0.489 e. The maximum absolute atomic E-state index is 10.6. The molecule has 3 aromatic rings. The third kappa shape index (κ3) is 3.01. The minimum absolute atomic E-state index is 0.267. The lowest BCUT2D eigenvalue weighted by Crippen LogP contribution is -1.95. The number of carbonyl (C=O) groups excluding carboxylic acids is 1. The number of nitrogens with zero attached hydrogens (tertiary/aromatic N) is 1. The number of aromatic nitrogens is 1. The number of oxazole rings is 1. The summed E-state index contributed by atoms with van der Waals surface area (Å²) in [6.45, 7) is 4.55. The SMILES string of the molecule is CC(C)c1nc2cc(COc3ccc(C=O)cc3)ccc2o1. The Morgan fingerprint density at radius 1 is 1.18 bits per heavy atom. The summed E-state index contributed by atoms with van der Waals surface area (Å²) >= 11 is 0.